The molecule has 0 aliphatic carbocycles. The minimum absolute atomic E-state index is 0.946. The van der Waals surface area contributed by atoms with E-state index in [4.69, 9.17) is 9.97 Å². The average Bonchev–Trinajstić information content (AvgIpc) is 3.37. The number of fused-ring (bicyclic) bond motifs is 9. The first kappa shape index (κ1) is 20.2. The SMILES string of the molecule is c1ccc2cc(-c3ccc(-c4cc5c(cn4)c4ccccc4n4c6ccccc6nc54)cc3)ccc2c1. The third-order valence-electron chi connectivity index (χ3n) is 7.40. The molecule has 0 atom stereocenters. The molecule has 0 N–H and O–H groups in total. The highest BCUT2D eigenvalue weighted by atomic mass is 15.0. The summed E-state index contributed by atoms with van der Waals surface area (Å²) in [6.45, 7) is 0. The number of hydrogen-bond acceptors (Lipinski definition) is 2. The van der Waals surface area contributed by atoms with Crippen molar-refractivity contribution in [1.82, 2.24) is 14.4 Å². The highest BCUT2D eigenvalue weighted by molar-refractivity contribution is 6.14. The van der Waals surface area contributed by atoms with Gasteiger partial charge in [-0.2, -0.15) is 0 Å². The normalized spacial score (nSPS) is 11.8. The smallest absolute Gasteiger partial charge is 0.146 e. The second kappa shape index (κ2) is 7.74. The maximum atomic E-state index is 5.04. The van der Waals surface area contributed by atoms with E-state index < -0.39 is 0 Å². The maximum Gasteiger partial charge on any atom is 0.146 e. The van der Waals surface area contributed by atoms with E-state index in [0.29, 0.717) is 0 Å². The standard InChI is InChI=1S/C34H21N3/c1-2-8-25-19-26(18-15-22(25)7-1)23-13-16-24(17-14-23)31-20-28-29(21-35-31)27-9-3-5-11-32(27)37-33-12-6-4-10-30(33)36-34(28)37/h1-21H. The molecule has 3 heteroatoms. The second-order valence-corrected chi connectivity index (χ2v) is 9.53. The lowest BCUT2D eigenvalue weighted by Crippen LogP contribution is -1.93. The van der Waals surface area contributed by atoms with Crippen LogP contribution in [-0.2, 0) is 0 Å². The molecule has 37 heavy (non-hydrogen) atoms. The second-order valence-electron chi connectivity index (χ2n) is 9.53. The summed E-state index contributed by atoms with van der Waals surface area (Å²) < 4.78 is 2.28. The minimum Gasteiger partial charge on any atom is -0.292 e. The highest BCUT2D eigenvalue weighted by Gasteiger charge is 2.14. The van der Waals surface area contributed by atoms with Gasteiger partial charge in [0.05, 0.1) is 22.2 Å². The molecule has 0 fully saturated rings. The van der Waals surface area contributed by atoms with Crippen molar-refractivity contribution in [3.8, 4) is 22.4 Å². The minimum atomic E-state index is 0.946. The van der Waals surface area contributed by atoms with E-state index in [1.54, 1.807) is 0 Å². The van der Waals surface area contributed by atoms with Crippen LogP contribution in [0.4, 0.5) is 0 Å². The Labute approximate surface area is 213 Å². The van der Waals surface area contributed by atoms with Crippen LogP contribution in [0.5, 0.6) is 0 Å². The molecule has 8 aromatic rings. The zero-order chi connectivity index (χ0) is 24.3. The third-order valence-corrected chi connectivity index (χ3v) is 7.40. The van der Waals surface area contributed by atoms with E-state index in [1.165, 1.54) is 27.3 Å². The molecule has 3 heterocycles. The van der Waals surface area contributed by atoms with Gasteiger partial charge in [-0.1, -0.05) is 91.0 Å². The maximum absolute atomic E-state index is 5.04. The Kier molecular flexibility index (Phi) is 4.23. The number of pyridine rings is 2. The molecule has 0 amide bonds. The average molecular weight is 472 g/mol. The lowest BCUT2D eigenvalue weighted by Gasteiger charge is -2.10. The zero-order valence-electron chi connectivity index (χ0n) is 20.0. The number of aromatic nitrogens is 3. The molecular weight excluding hydrogens is 450 g/mol. The molecule has 172 valence electrons. The van der Waals surface area contributed by atoms with Crippen LogP contribution in [0.1, 0.15) is 0 Å². The van der Waals surface area contributed by atoms with Crippen LogP contribution in [0.25, 0.3) is 71.5 Å². The van der Waals surface area contributed by atoms with Gasteiger partial charge in [-0.25, -0.2) is 4.98 Å². The van der Waals surface area contributed by atoms with Gasteiger partial charge in [0, 0.05) is 27.9 Å². The first-order valence-electron chi connectivity index (χ1n) is 12.5. The highest BCUT2D eigenvalue weighted by Crippen LogP contribution is 2.34. The monoisotopic (exact) mass is 471 g/mol. The van der Waals surface area contributed by atoms with E-state index >= 15 is 0 Å². The van der Waals surface area contributed by atoms with Gasteiger partial charge in [0.2, 0.25) is 0 Å². The number of nitrogens with zero attached hydrogens (tertiary/aromatic N) is 3. The molecule has 0 saturated carbocycles. The topological polar surface area (TPSA) is 30.2 Å². The van der Waals surface area contributed by atoms with E-state index in [1.807, 2.05) is 12.3 Å². The van der Waals surface area contributed by atoms with Crippen LogP contribution < -0.4 is 0 Å². The van der Waals surface area contributed by atoms with Gasteiger partial charge in [-0.05, 0) is 52.2 Å². The van der Waals surface area contributed by atoms with E-state index in [0.717, 1.165) is 44.2 Å². The summed E-state index contributed by atoms with van der Waals surface area (Å²) in [6.07, 6.45) is 2.00. The Morgan fingerprint density at radius 3 is 2.08 bits per heavy atom. The van der Waals surface area contributed by atoms with Gasteiger partial charge in [0.15, 0.2) is 0 Å². The van der Waals surface area contributed by atoms with E-state index in [-0.39, 0.29) is 0 Å². The number of para-hydroxylation sites is 3. The Morgan fingerprint density at radius 1 is 0.486 bits per heavy atom. The first-order valence-corrected chi connectivity index (χ1v) is 12.5. The summed E-state index contributed by atoms with van der Waals surface area (Å²) in [5, 5.41) is 5.92. The predicted molar refractivity (Wildman–Crippen MR) is 154 cm³/mol. The molecule has 0 spiro atoms. The summed E-state index contributed by atoms with van der Waals surface area (Å²) in [4.78, 5) is 9.94. The molecule has 0 saturated heterocycles. The van der Waals surface area contributed by atoms with Crippen LogP contribution in [0.2, 0.25) is 0 Å². The van der Waals surface area contributed by atoms with Gasteiger partial charge >= 0.3 is 0 Å². The Balaban J connectivity index is 1.30. The summed E-state index contributed by atoms with van der Waals surface area (Å²) in [7, 11) is 0. The number of imidazole rings is 1. The number of hydrogen-bond donors (Lipinski definition) is 0. The van der Waals surface area contributed by atoms with Gasteiger partial charge in [0.1, 0.15) is 5.65 Å². The Hall–Kier alpha value is -5.02. The molecule has 0 aliphatic heterocycles. The first-order chi connectivity index (χ1) is 18.3. The predicted octanol–water partition coefficient (Wildman–Crippen LogP) is 8.68. The van der Waals surface area contributed by atoms with Gasteiger partial charge in [-0.15, -0.1) is 0 Å². The molecular formula is C34H21N3. The van der Waals surface area contributed by atoms with E-state index in [2.05, 4.69) is 120 Å². The zero-order valence-corrected chi connectivity index (χ0v) is 20.0. The summed E-state index contributed by atoms with van der Waals surface area (Å²) in [5.41, 5.74) is 8.68. The molecule has 5 aromatic carbocycles. The molecule has 0 unspecified atom stereocenters. The summed E-state index contributed by atoms with van der Waals surface area (Å²) in [5.74, 6) is 0. The van der Waals surface area contributed by atoms with Crippen LogP contribution >= 0.6 is 0 Å². The Bertz CT molecular complexity index is 2140. The van der Waals surface area contributed by atoms with Crippen molar-refractivity contribution in [2.24, 2.45) is 0 Å². The number of benzene rings is 5. The van der Waals surface area contributed by atoms with Gasteiger partial charge in [-0.3, -0.25) is 9.38 Å². The van der Waals surface area contributed by atoms with E-state index in [9.17, 15) is 0 Å². The quantitative estimate of drug-likeness (QED) is 0.236. The summed E-state index contributed by atoms with van der Waals surface area (Å²) in [6, 6.07) is 42.8. The number of rotatable bonds is 2. The van der Waals surface area contributed by atoms with Crippen LogP contribution in [-0.4, -0.2) is 14.4 Å². The lowest BCUT2D eigenvalue weighted by atomic mass is 9.99. The largest absolute Gasteiger partial charge is 0.292 e. The van der Waals surface area contributed by atoms with Crippen LogP contribution in [0.3, 0.4) is 0 Å². The van der Waals surface area contributed by atoms with Crippen LogP contribution in [0.15, 0.2) is 128 Å². The van der Waals surface area contributed by atoms with Crippen molar-refractivity contribution < 1.29 is 0 Å². The molecule has 0 bridgehead atoms. The van der Waals surface area contributed by atoms with Crippen molar-refractivity contribution in [2.45, 2.75) is 0 Å². The molecule has 3 aromatic heterocycles. The van der Waals surface area contributed by atoms with Crippen molar-refractivity contribution in [3.63, 3.8) is 0 Å². The molecule has 0 aliphatic rings. The fourth-order valence-electron chi connectivity index (χ4n) is 5.56. The van der Waals surface area contributed by atoms with Crippen molar-refractivity contribution >= 4 is 49.1 Å². The molecule has 3 nitrogen and oxygen atoms in total. The van der Waals surface area contributed by atoms with Crippen molar-refractivity contribution in [2.75, 3.05) is 0 Å². The Morgan fingerprint density at radius 2 is 1.19 bits per heavy atom. The van der Waals surface area contributed by atoms with Crippen molar-refractivity contribution in [1.29, 1.82) is 0 Å². The van der Waals surface area contributed by atoms with Crippen molar-refractivity contribution in [3.05, 3.63) is 128 Å². The summed E-state index contributed by atoms with van der Waals surface area (Å²) >= 11 is 0. The third kappa shape index (κ3) is 3.08. The molecule has 0 radical (unpaired) electrons. The van der Waals surface area contributed by atoms with Gasteiger partial charge < -0.3 is 0 Å². The van der Waals surface area contributed by atoms with Gasteiger partial charge in [0.25, 0.3) is 0 Å². The lowest BCUT2D eigenvalue weighted by molar-refractivity contribution is 1.30. The fourth-order valence-corrected chi connectivity index (χ4v) is 5.56. The molecule has 8 rings (SSSR count). The fraction of sp³-hybridized carbons (Fsp3) is 0. The van der Waals surface area contributed by atoms with Crippen LogP contribution in [0, 0.1) is 0 Å².